The second-order valence-electron chi connectivity index (χ2n) is 4.95. The van der Waals surface area contributed by atoms with Crippen molar-refractivity contribution in [1.82, 2.24) is 10.6 Å². The average molecular weight is 333 g/mol. The van der Waals surface area contributed by atoms with Crippen molar-refractivity contribution in [1.29, 1.82) is 0 Å². The number of methoxy groups -OCH3 is 2. The third kappa shape index (κ3) is 7.25. The molecular formula is C18H27N3O3. The second-order valence-corrected chi connectivity index (χ2v) is 4.95. The summed E-state index contributed by atoms with van der Waals surface area (Å²) in [6, 6.07) is 5.71. The molecule has 0 unspecified atom stereocenters. The SMILES string of the molecule is C#CCOc1cc(CN=C(NCC)NCCCOC)ccc1OC. The summed E-state index contributed by atoms with van der Waals surface area (Å²) >= 11 is 0. The van der Waals surface area contributed by atoms with Gasteiger partial charge in [0.15, 0.2) is 17.5 Å². The summed E-state index contributed by atoms with van der Waals surface area (Å²) in [5, 5.41) is 6.49. The summed E-state index contributed by atoms with van der Waals surface area (Å²) < 4.78 is 15.8. The summed E-state index contributed by atoms with van der Waals surface area (Å²) in [5.74, 6) is 4.51. The molecule has 1 aromatic carbocycles. The van der Waals surface area contributed by atoms with Crippen molar-refractivity contribution in [3.63, 3.8) is 0 Å². The van der Waals surface area contributed by atoms with Crippen LogP contribution in [0.5, 0.6) is 11.5 Å². The maximum Gasteiger partial charge on any atom is 0.191 e. The van der Waals surface area contributed by atoms with Gasteiger partial charge in [-0.3, -0.25) is 0 Å². The minimum atomic E-state index is 0.201. The van der Waals surface area contributed by atoms with Crippen LogP contribution < -0.4 is 20.1 Å². The molecule has 24 heavy (non-hydrogen) atoms. The molecule has 1 aromatic rings. The molecule has 132 valence electrons. The van der Waals surface area contributed by atoms with Crippen LogP contribution in [-0.2, 0) is 11.3 Å². The predicted molar refractivity (Wildman–Crippen MR) is 96.6 cm³/mol. The first-order valence-corrected chi connectivity index (χ1v) is 7.99. The molecule has 0 aliphatic heterocycles. The number of hydrogen-bond acceptors (Lipinski definition) is 4. The summed E-state index contributed by atoms with van der Waals surface area (Å²) in [6.07, 6.45) is 6.17. The monoisotopic (exact) mass is 333 g/mol. The van der Waals surface area contributed by atoms with Gasteiger partial charge in [0, 0.05) is 26.8 Å². The highest BCUT2D eigenvalue weighted by molar-refractivity contribution is 5.79. The Morgan fingerprint density at radius 1 is 1.25 bits per heavy atom. The van der Waals surface area contributed by atoms with E-state index in [4.69, 9.17) is 20.6 Å². The van der Waals surface area contributed by atoms with Crippen LogP contribution in [-0.4, -0.2) is 46.5 Å². The molecular weight excluding hydrogens is 306 g/mol. The Bertz CT molecular complexity index is 553. The van der Waals surface area contributed by atoms with Crippen LogP contribution in [0.1, 0.15) is 18.9 Å². The quantitative estimate of drug-likeness (QED) is 0.296. The topological polar surface area (TPSA) is 64.1 Å². The average Bonchev–Trinajstić information content (AvgIpc) is 2.61. The Balaban J connectivity index is 2.71. The van der Waals surface area contributed by atoms with Gasteiger partial charge in [0.25, 0.3) is 0 Å². The molecule has 0 spiro atoms. The van der Waals surface area contributed by atoms with E-state index in [0.717, 1.165) is 37.6 Å². The normalized spacial score (nSPS) is 10.8. The summed E-state index contributed by atoms with van der Waals surface area (Å²) in [5.41, 5.74) is 1.01. The number of benzene rings is 1. The maximum atomic E-state index is 5.51. The third-order valence-electron chi connectivity index (χ3n) is 3.12. The Kier molecular flexibility index (Phi) is 9.90. The number of nitrogens with one attached hydrogen (secondary N) is 2. The lowest BCUT2D eigenvalue weighted by molar-refractivity contribution is 0.195. The van der Waals surface area contributed by atoms with Crippen LogP contribution in [0.3, 0.4) is 0 Å². The highest BCUT2D eigenvalue weighted by atomic mass is 16.5. The fourth-order valence-corrected chi connectivity index (χ4v) is 1.99. The zero-order valence-corrected chi connectivity index (χ0v) is 14.7. The molecule has 0 heterocycles. The molecule has 0 aliphatic carbocycles. The number of hydrogen-bond donors (Lipinski definition) is 2. The first-order chi connectivity index (χ1) is 11.7. The van der Waals surface area contributed by atoms with Gasteiger partial charge in [-0.25, -0.2) is 4.99 Å². The van der Waals surface area contributed by atoms with Crippen molar-refractivity contribution in [3.8, 4) is 23.8 Å². The Morgan fingerprint density at radius 3 is 2.75 bits per heavy atom. The van der Waals surface area contributed by atoms with Gasteiger partial charge >= 0.3 is 0 Å². The zero-order chi connectivity index (χ0) is 17.6. The molecule has 6 nitrogen and oxygen atoms in total. The van der Waals surface area contributed by atoms with Gasteiger partial charge < -0.3 is 24.8 Å². The summed E-state index contributed by atoms with van der Waals surface area (Å²) in [7, 11) is 3.30. The molecule has 0 atom stereocenters. The zero-order valence-electron chi connectivity index (χ0n) is 14.7. The first-order valence-electron chi connectivity index (χ1n) is 7.99. The van der Waals surface area contributed by atoms with Crippen molar-refractivity contribution >= 4 is 5.96 Å². The van der Waals surface area contributed by atoms with E-state index < -0.39 is 0 Å². The predicted octanol–water partition coefficient (Wildman–Crippen LogP) is 1.80. The molecule has 0 fully saturated rings. The lowest BCUT2D eigenvalue weighted by Gasteiger charge is -2.12. The molecule has 0 amide bonds. The lowest BCUT2D eigenvalue weighted by atomic mass is 10.2. The minimum absolute atomic E-state index is 0.201. The van der Waals surface area contributed by atoms with Crippen molar-refractivity contribution in [2.75, 3.05) is 40.5 Å². The molecule has 6 heteroatoms. The molecule has 0 bridgehead atoms. The van der Waals surface area contributed by atoms with E-state index in [1.807, 2.05) is 25.1 Å². The molecule has 0 saturated heterocycles. The van der Waals surface area contributed by atoms with Gasteiger partial charge in [0.05, 0.1) is 13.7 Å². The van der Waals surface area contributed by atoms with E-state index in [-0.39, 0.29) is 6.61 Å². The molecule has 0 saturated carbocycles. The fourth-order valence-electron chi connectivity index (χ4n) is 1.99. The van der Waals surface area contributed by atoms with E-state index in [9.17, 15) is 0 Å². The highest BCUT2D eigenvalue weighted by Crippen LogP contribution is 2.28. The van der Waals surface area contributed by atoms with Gasteiger partial charge in [0.1, 0.15) is 6.61 Å². The standard InChI is InChI=1S/C18H27N3O3/c1-5-11-24-17-13-15(8-9-16(17)23-4)14-21-18(19-6-2)20-10-7-12-22-3/h1,8-9,13H,6-7,10-12,14H2,2-4H3,(H2,19,20,21). The van der Waals surface area contributed by atoms with Crippen LogP contribution >= 0.6 is 0 Å². The van der Waals surface area contributed by atoms with E-state index in [0.29, 0.717) is 18.0 Å². The highest BCUT2D eigenvalue weighted by Gasteiger charge is 2.06. The van der Waals surface area contributed by atoms with Crippen LogP contribution in [0.25, 0.3) is 0 Å². The lowest BCUT2D eigenvalue weighted by Crippen LogP contribution is -2.38. The molecule has 0 aliphatic rings. The number of nitrogens with zero attached hydrogens (tertiary/aromatic N) is 1. The van der Waals surface area contributed by atoms with Crippen molar-refractivity contribution in [2.45, 2.75) is 19.9 Å². The van der Waals surface area contributed by atoms with Gasteiger partial charge in [0.2, 0.25) is 0 Å². The van der Waals surface area contributed by atoms with Gasteiger partial charge in [-0.15, -0.1) is 6.42 Å². The third-order valence-corrected chi connectivity index (χ3v) is 3.12. The number of guanidine groups is 1. The van der Waals surface area contributed by atoms with E-state index >= 15 is 0 Å². The van der Waals surface area contributed by atoms with Gasteiger partial charge in [-0.1, -0.05) is 12.0 Å². The van der Waals surface area contributed by atoms with Crippen LogP contribution in [0.15, 0.2) is 23.2 Å². The van der Waals surface area contributed by atoms with E-state index in [1.54, 1.807) is 14.2 Å². The Hall–Kier alpha value is -2.39. The van der Waals surface area contributed by atoms with E-state index in [2.05, 4.69) is 21.5 Å². The summed E-state index contributed by atoms with van der Waals surface area (Å²) in [6.45, 7) is 5.09. The Labute approximate surface area is 144 Å². The van der Waals surface area contributed by atoms with Gasteiger partial charge in [-0.05, 0) is 31.0 Å². The minimum Gasteiger partial charge on any atom is -0.493 e. The van der Waals surface area contributed by atoms with Crippen molar-refractivity contribution in [3.05, 3.63) is 23.8 Å². The molecule has 2 N–H and O–H groups in total. The molecule has 0 aromatic heterocycles. The van der Waals surface area contributed by atoms with Crippen molar-refractivity contribution < 1.29 is 14.2 Å². The first kappa shape index (κ1) is 19.7. The van der Waals surface area contributed by atoms with Crippen LogP contribution in [0.4, 0.5) is 0 Å². The van der Waals surface area contributed by atoms with Gasteiger partial charge in [-0.2, -0.15) is 0 Å². The number of terminal acetylenes is 1. The number of ether oxygens (including phenoxy) is 3. The molecule has 1 rings (SSSR count). The fraction of sp³-hybridized carbons (Fsp3) is 0.500. The van der Waals surface area contributed by atoms with Crippen LogP contribution in [0.2, 0.25) is 0 Å². The number of rotatable bonds is 10. The van der Waals surface area contributed by atoms with Crippen molar-refractivity contribution in [2.24, 2.45) is 4.99 Å². The molecule has 0 radical (unpaired) electrons. The second kappa shape index (κ2) is 12.1. The van der Waals surface area contributed by atoms with E-state index in [1.165, 1.54) is 0 Å². The largest absolute Gasteiger partial charge is 0.493 e. The maximum absolute atomic E-state index is 5.51. The van der Waals surface area contributed by atoms with Crippen LogP contribution in [0, 0.1) is 12.3 Å². The summed E-state index contributed by atoms with van der Waals surface area (Å²) in [4.78, 5) is 4.58. The number of aliphatic imine (C=N–C) groups is 1. The Morgan fingerprint density at radius 2 is 2.08 bits per heavy atom. The smallest absolute Gasteiger partial charge is 0.191 e.